The number of hydrogen-bond acceptors (Lipinski definition) is 5. The molecule has 0 aromatic carbocycles. The fourth-order valence-electron chi connectivity index (χ4n) is 1.81. The molecule has 2 amide bonds. The van der Waals surface area contributed by atoms with Crippen molar-refractivity contribution in [2.24, 2.45) is 0 Å². The highest BCUT2D eigenvalue weighted by Gasteiger charge is 2.32. The fourth-order valence-corrected chi connectivity index (χ4v) is 2.85. The lowest BCUT2D eigenvalue weighted by atomic mass is 10.3. The second-order valence-corrected chi connectivity index (χ2v) is 5.41. The van der Waals surface area contributed by atoms with E-state index >= 15 is 0 Å². The molecule has 20 heavy (non-hydrogen) atoms. The van der Waals surface area contributed by atoms with Gasteiger partial charge in [0.1, 0.15) is 6.04 Å². The van der Waals surface area contributed by atoms with Gasteiger partial charge in [-0.05, 0) is 13.3 Å². The monoisotopic (exact) mass is 304 g/mol. The molecule has 2 N–H and O–H groups in total. The van der Waals surface area contributed by atoms with Crippen LogP contribution >= 0.6 is 11.8 Å². The molecule has 0 aromatic heterocycles. The van der Waals surface area contributed by atoms with Gasteiger partial charge in [-0.2, -0.15) is 11.8 Å². The van der Waals surface area contributed by atoms with Crippen molar-refractivity contribution < 1.29 is 24.2 Å². The number of carbonyl (C=O) groups is 3. The molecule has 1 fully saturated rings. The van der Waals surface area contributed by atoms with Gasteiger partial charge in [0.2, 0.25) is 0 Å². The van der Waals surface area contributed by atoms with Crippen LogP contribution in [-0.2, 0) is 14.3 Å². The molecular formula is C12H20N2O5S. The number of carboxylic acid groups (broad SMARTS) is 1. The summed E-state index contributed by atoms with van der Waals surface area (Å²) in [7, 11) is 0. The summed E-state index contributed by atoms with van der Waals surface area (Å²) in [6.07, 6.45) is 0.719. The smallest absolute Gasteiger partial charge is 0.327 e. The van der Waals surface area contributed by atoms with E-state index in [1.807, 2.05) is 0 Å². The van der Waals surface area contributed by atoms with E-state index in [0.717, 1.165) is 5.75 Å². The second kappa shape index (κ2) is 8.68. The number of hydrogen-bond donors (Lipinski definition) is 2. The number of urea groups is 1. The minimum Gasteiger partial charge on any atom is -0.480 e. The summed E-state index contributed by atoms with van der Waals surface area (Å²) in [6.45, 7) is 2.83. The zero-order valence-electron chi connectivity index (χ0n) is 11.5. The van der Waals surface area contributed by atoms with Crippen molar-refractivity contribution in [3.05, 3.63) is 0 Å². The molecular weight excluding hydrogens is 284 g/mol. The van der Waals surface area contributed by atoms with Gasteiger partial charge in [0, 0.05) is 31.0 Å². The zero-order chi connectivity index (χ0) is 15.0. The van der Waals surface area contributed by atoms with Crippen LogP contribution in [0.5, 0.6) is 0 Å². The van der Waals surface area contributed by atoms with E-state index in [0.29, 0.717) is 31.9 Å². The number of aliphatic carboxylic acids is 1. The van der Waals surface area contributed by atoms with E-state index < -0.39 is 12.0 Å². The van der Waals surface area contributed by atoms with Crippen LogP contribution in [0.3, 0.4) is 0 Å². The van der Waals surface area contributed by atoms with Crippen LogP contribution in [0.1, 0.15) is 19.8 Å². The summed E-state index contributed by atoms with van der Waals surface area (Å²) >= 11 is 1.53. The Balaban J connectivity index is 2.30. The maximum absolute atomic E-state index is 11.9. The third-order valence-electron chi connectivity index (χ3n) is 2.81. The van der Waals surface area contributed by atoms with E-state index in [2.05, 4.69) is 5.32 Å². The summed E-state index contributed by atoms with van der Waals surface area (Å²) in [5.74, 6) is -0.135. The normalized spacial score (nSPS) is 18.4. The van der Waals surface area contributed by atoms with Crippen molar-refractivity contribution in [2.45, 2.75) is 25.8 Å². The molecule has 0 spiro atoms. The zero-order valence-corrected chi connectivity index (χ0v) is 12.3. The summed E-state index contributed by atoms with van der Waals surface area (Å²) in [4.78, 5) is 35.4. The third kappa shape index (κ3) is 5.28. The number of amides is 2. The molecule has 1 aliphatic heterocycles. The first-order valence-corrected chi connectivity index (χ1v) is 7.72. The number of carboxylic acids is 1. The van der Waals surface area contributed by atoms with Gasteiger partial charge < -0.3 is 20.1 Å². The first kappa shape index (κ1) is 16.6. The van der Waals surface area contributed by atoms with Gasteiger partial charge >= 0.3 is 18.0 Å². The quantitative estimate of drug-likeness (QED) is 0.549. The summed E-state index contributed by atoms with van der Waals surface area (Å²) in [6, 6.07) is -1.17. The SMILES string of the molecule is CCOC(=O)CCCNC(=O)N1CCSCC1C(=O)O. The summed E-state index contributed by atoms with van der Waals surface area (Å²) in [5, 5.41) is 11.7. The molecule has 1 unspecified atom stereocenters. The van der Waals surface area contributed by atoms with Crippen LogP contribution in [0.25, 0.3) is 0 Å². The number of nitrogens with zero attached hydrogens (tertiary/aromatic N) is 1. The molecule has 0 aromatic rings. The Labute approximate surface area is 122 Å². The Morgan fingerprint density at radius 1 is 1.45 bits per heavy atom. The number of esters is 1. The van der Waals surface area contributed by atoms with Crippen LogP contribution in [0.15, 0.2) is 0 Å². The van der Waals surface area contributed by atoms with Gasteiger partial charge in [-0.1, -0.05) is 0 Å². The minimum absolute atomic E-state index is 0.242. The number of nitrogens with one attached hydrogen (secondary N) is 1. The van der Waals surface area contributed by atoms with E-state index in [-0.39, 0.29) is 18.4 Å². The van der Waals surface area contributed by atoms with Crippen molar-refractivity contribution in [3.8, 4) is 0 Å². The van der Waals surface area contributed by atoms with Gasteiger partial charge in [-0.15, -0.1) is 0 Å². The largest absolute Gasteiger partial charge is 0.480 e. The molecule has 1 heterocycles. The average Bonchev–Trinajstić information content (AvgIpc) is 2.43. The molecule has 1 saturated heterocycles. The third-order valence-corrected chi connectivity index (χ3v) is 3.84. The van der Waals surface area contributed by atoms with Gasteiger partial charge in [0.05, 0.1) is 6.61 Å². The maximum Gasteiger partial charge on any atom is 0.327 e. The van der Waals surface area contributed by atoms with Crippen LogP contribution in [-0.4, -0.2) is 65.2 Å². The second-order valence-electron chi connectivity index (χ2n) is 4.26. The number of thioether (sulfide) groups is 1. The maximum atomic E-state index is 11.9. The molecule has 7 nitrogen and oxygen atoms in total. The summed E-state index contributed by atoms with van der Waals surface area (Å²) in [5.41, 5.74) is 0. The predicted octanol–water partition coefficient (Wildman–Crippen LogP) is 0.541. The lowest BCUT2D eigenvalue weighted by Gasteiger charge is -2.32. The van der Waals surface area contributed by atoms with Crippen LogP contribution < -0.4 is 5.32 Å². The van der Waals surface area contributed by atoms with Crippen molar-refractivity contribution in [3.63, 3.8) is 0 Å². The van der Waals surface area contributed by atoms with Gasteiger partial charge in [-0.25, -0.2) is 9.59 Å². The van der Waals surface area contributed by atoms with E-state index in [9.17, 15) is 14.4 Å². The number of ether oxygens (including phenoxy) is 1. The Bertz CT molecular complexity index is 364. The van der Waals surface area contributed by atoms with Gasteiger partial charge in [-0.3, -0.25) is 4.79 Å². The topological polar surface area (TPSA) is 95.9 Å². The van der Waals surface area contributed by atoms with Crippen LogP contribution in [0.2, 0.25) is 0 Å². The van der Waals surface area contributed by atoms with E-state index in [4.69, 9.17) is 9.84 Å². The predicted molar refractivity (Wildman–Crippen MR) is 74.7 cm³/mol. The highest BCUT2D eigenvalue weighted by Crippen LogP contribution is 2.16. The van der Waals surface area contributed by atoms with Crippen LogP contribution in [0.4, 0.5) is 4.79 Å². The van der Waals surface area contributed by atoms with E-state index in [1.165, 1.54) is 16.7 Å². The van der Waals surface area contributed by atoms with Crippen molar-refractivity contribution in [2.75, 3.05) is 31.2 Å². The highest BCUT2D eigenvalue weighted by molar-refractivity contribution is 7.99. The molecule has 1 atom stereocenters. The molecule has 0 bridgehead atoms. The Morgan fingerprint density at radius 3 is 2.85 bits per heavy atom. The Kier molecular flexibility index (Phi) is 7.21. The molecule has 8 heteroatoms. The van der Waals surface area contributed by atoms with Crippen LogP contribution in [0, 0.1) is 0 Å². The van der Waals surface area contributed by atoms with Crippen molar-refractivity contribution in [1.82, 2.24) is 10.2 Å². The summed E-state index contributed by atoms with van der Waals surface area (Å²) < 4.78 is 4.77. The van der Waals surface area contributed by atoms with Gasteiger partial charge in [0.25, 0.3) is 0 Å². The van der Waals surface area contributed by atoms with E-state index in [1.54, 1.807) is 6.92 Å². The standard InChI is InChI=1S/C12H20N2O5S/c1-2-19-10(15)4-3-5-13-12(18)14-6-7-20-8-9(14)11(16)17/h9H,2-8H2,1H3,(H,13,18)(H,16,17). The lowest BCUT2D eigenvalue weighted by Crippen LogP contribution is -2.53. The highest BCUT2D eigenvalue weighted by atomic mass is 32.2. The molecule has 0 saturated carbocycles. The molecule has 1 aliphatic rings. The minimum atomic E-state index is -0.987. The molecule has 114 valence electrons. The number of rotatable bonds is 6. The average molecular weight is 304 g/mol. The Hall–Kier alpha value is -1.44. The van der Waals surface area contributed by atoms with Crippen molar-refractivity contribution >= 4 is 29.7 Å². The molecule has 0 aliphatic carbocycles. The Morgan fingerprint density at radius 2 is 2.20 bits per heavy atom. The lowest BCUT2D eigenvalue weighted by molar-refractivity contribution is -0.143. The molecule has 1 rings (SSSR count). The number of carbonyl (C=O) groups excluding carboxylic acids is 2. The first-order chi connectivity index (χ1) is 9.56. The van der Waals surface area contributed by atoms with Gasteiger partial charge in [0.15, 0.2) is 0 Å². The fraction of sp³-hybridized carbons (Fsp3) is 0.750. The first-order valence-electron chi connectivity index (χ1n) is 6.57. The molecule has 0 radical (unpaired) electrons. The van der Waals surface area contributed by atoms with Crippen molar-refractivity contribution in [1.29, 1.82) is 0 Å².